The van der Waals surface area contributed by atoms with Crippen LogP contribution in [0, 0.1) is 0 Å². The SMILES string of the molecule is CCCCc1nnc(NC(=O)C(CCSC)NC(=O)c2ccccc2Br)s1. The maximum atomic E-state index is 12.7. The molecular weight excluding hydrogens is 448 g/mol. The van der Waals surface area contributed by atoms with Crippen LogP contribution in [0.2, 0.25) is 0 Å². The molecule has 0 aliphatic heterocycles. The third kappa shape index (κ3) is 6.90. The lowest BCUT2D eigenvalue weighted by molar-refractivity contribution is -0.118. The van der Waals surface area contributed by atoms with Crippen LogP contribution in [-0.4, -0.2) is 40.1 Å². The Morgan fingerprint density at radius 2 is 2.07 bits per heavy atom. The molecule has 0 saturated carbocycles. The maximum Gasteiger partial charge on any atom is 0.253 e. The Morgan fingerprint density at radius 3 is 2.78 bits per heavy atom. The van der Waals surface area contributed by atoms with Crippen molar-refractivity contribution in [1.82, 2.24) is 15.5 Å². The fraction of sp³-hybridized carbons (Fsp3) is 0.444. The lowest BCUT2D eigenvalue weighted by atomic mass is 10.1. The van der Waals surface area contributed by atoms with Crippen molar-refractivity contribution in [2.24, 2.45) is 0 Å². The van der Waals surface area contributed by atoms with Crippen molar-refractivity contribution in [3.8, 4) is 0 Å². The Labute approximate surface area is 176 Å². The minimum absolute atomic E-state index is 0.275. The summed E-state index contributed by atoms with van der Waals surface area (Å²) in [6, 6.07) is 6.50. The quantitative estimate of drug-likeness (QED) is 0.545. The fourth-order valence-electron chi connectivity index (χ4n) is 2.31. The van der Waals surface area contributed by atoms with Crippen LogP contribution in [0.3, 0.4) is 0 Å². The van der Waals surface area contributed by atoms with Crippen LogP contribution in [0.5, 0.6) is 0 Å². The molecule has 9 heteroatoms. The van der Waals surface area contributed by atoms with Crippen LogP contribution in [0.4, 0.5) is 5.13 Å². The summed E-state index contributed by atoms with van der Waals surface area (Å²) in [4.78, 5) is 25.3. The minimum atomic E-state index is -0.639. The minimum Gasteiger partial charge on any atom is -0.340 e. The molecule has 0 spiro atoms. The standard InChI is InChI=1S/C18H23BrN4O2S2/c1-3-4-9-15-22-23-18(27-15)21-17(25)14(10-11-26-2)20-16(24)12-7-5-6-8-13(12)19/h5-8,14H,3-4,9-11H2,1-2H3,(H,20,24)(H,21,23,25). The first-order valence-electron chi connectivity index (χ1n) is 8.72. The van der Waals surface area contributed by atoms with Gasteiger partial charge in [0.05, 0.1) is 5.56 Å². The number of amides is 2. The first-order chi connectivity index (χ1) is 13.0. The second-order valence-electron chi connectivity index (χ2n) is 5.88. The van der Waals surface area contributed by atoms with E-state index >= 15 is 0 Å². The highest BCUT2D eigenvalue weighted by Crippen LogP contribution is 2.19. The zero-order valence-corrected chi connectivity index (χ0v) is 18.5. The number of rotatable bonds is 10. The smallest absolute Gasteiger partial charge is 0.253 e. The molecule has 2 amide bonds. The van der Waals surface area contributed by atoms with Crippen LogP contribution < -0.4 is 10.6 Å². The van der Waals surface area contributed by atoms with Gasteiger partial charge in [-0.05, 0) is 52.9 Å². The van der Waals surface area contributed by atoms with Crippen molar-refractivity contribution in [2.45, 2.75) is 38.6 Å². The normalized spacial score (nSPS) is 11.8. The third-order valence-electron chi connectivity index (χ3n) is 3.79. The number of carbonyl (C=O) groups is 2. The molecule has 27 heavy (non-hydrogen) atoms. The zero-order valence-electron chi connectivity index (χ0n) is 15.3. The molecule has 2 rings (SSSR count). The Morgan fingerprint density at radius 1 is 1.30 bits per heavy atom. The zero-order chi connectivity index (χ0) is 19.6. The van der Waals surface area contributed by atoms with Crippen LogP contribution in [0.1, 0.15) is 41.6 Å². The summed E-state index contributed by atoms with van der Waals surface area (Å²) in [7, 11) is 0. The Bertz CT molecular complexity index is 769. The van der Waals surface area contributed by atoms with E-state index in [9.17, 15) is 9.59 Å². The van der Waals surface area contributed by atoms with Gasteiger partial charge in [0.1, 0.15) is 11.0 Å². The molecule has 146 valence electrons. The average molecular weight is 471 g/mol. The molecule has 0 radical (unpaired) electrons. The van der Waals surface area contributed by atoms with Crippen molar-refractivity contribution in [2.75, 3.05) is 17.3 Å². The number of hydrogen-bond acceptors (Lipinski definition) is 6. The Balaban J connectivity index is 2.03. The number of nitrogens with zero attached hydrogens (tertiary/aromatic N) is 2. The van der Waals surface area contributed by atoms with E-state index in [1.54, 1.807) is 30.0 Å². The van der Waals surface area contributed by atoms with E-state index in [-0.39, 0.29) is 11.8 Å². The van der Waals surface area contributed by atoms with Gasteiger partial charge in [0, 0.05) is 10.9 Å². The van der Waals surface area contributed by atoms with Crippen molar-refractivity contribution in [3.63, 3.8) is 0 Å². The molecule has 0 fully saturated rings. The molecule has 0 saturated heterocycles. The number of anilines is 1. The van der Waals surface area contributed by atoms with E-state index in [1.165, 1.54) is 11.3 Å². The Hall–Kier alpha value is -1.45. The first kappa shape index (κ1) is 21.8. The van der Waals surface area contributed by atoms with Crippen LogP contribution in [0.25, 0.3) is 0 Å². The molecular formula is C18H23BrN4O2S2. The van der Waals surface area contributed by atoms with Gasteiger partial charge in [0.15, 0.2) is 0 Å². The molecule has 0 aliphatic rings. The largest absolute Gasteiger partial charge is 0.340 e. The number of benzene rings is 1. The number of unbranched alkanes of at least 4 members (excludes halogenated alkanes) is 1. The van der Waals surface area contributed by atoms with Gasteiger partial charge in [-0.3, -0.25) is 14.9 Å². The van der Waals surface area contributed by atoms with Gasteiger partial charge in [0.2, 0.25) is 11.0 Å². The molecule has 1 atom stereocenters. The van der Waals surface area contributed by atoms with Gasteiger partial charge in [-0.2, -0.15) is 11.8 Å². The Kier molecular flexibility index (Phi) is 9.23. The molecule has 0 aliphatic carbocycles. The summed E-state index contributed by atoms with van der Waals surface area (Å²) in [5.41, 5.74) is 0.497. The molecule has 2 N–H and O–H groups in total. The number of nitrogens with one attached hydrogen (secondary N) is 2. The average Bonchev–Trinajstić information content (AvgIpc) is 3.10. The number of aryl methyl sites for hydroxylation is 1. The number of halogens is 1. The van der Waals surface area contributed by atoms with Crippen LogP contribution >= 0.6 is 39.0 Å². The van der Waals surface area contributed by atoms with Crippen molar-refractivity contribution in [3.05, 3.63) is 39.3 Å². The fourth-order valence-corrected chi connectivity index (χ4v) is 4.03. The molecule has 1 aromatic carbocycles. The predicted octanol–water partition coefficient (Wildman–Crippen LogP) is 4.13. The predicted molar refractivity (Wildman–Crippen MR) is 116 cm³/mol. The van der Waals surface area contributed by atoms with Crippen LogP contribution in [0.15, 0.2) is 28.7 Å². The third-order valence-corrected chi connectivity index (χ3v) is 6.03. The lowest BCUT2D eigenvalue weighted by Crippen LogP contribution is -2.44. The van der Waals surface area contributed by atoms with Gasteiger partial charge in [-0.25, -0.2) is 0 Å². The van der Waals surface area contributed by atoms with Gasteiger partial charge >= 0.3 is 0 Å². The first-order valence-corrected chi connectivity index (χ1v) is 11.7. The van der Waals surface area contributed by atoms with Crippen molar-refractivity contribution >= 4 is 56.0 Å². The summed E-state index contributed by atoms with van der Waals surface area (Å²) < 4.78 is 0.691. The topological polar surface area (TPSA) is 84.0 Å². The van der Waals surface area contributed by atoms with Gasteiger partial charge in [0.25, 0.3) is 5.91 Å². The van der Waals surface area contributed by atoms with Gasteiger partial charge in [-0.15, -0.1) is 10.2 Å². The second kappa shape index (κ2) is 11.4. The van der Waals surface area contributed by atoms with Gasteiger partial charge < -0.3 is 5.32 Å². The molecule has 1 aromatic heterocycles. The van der Waals surface area contributed by atoms with E-state index in [0.717, 1.165) is 30.0 Å². The summed E-state index contributed by atoms with van der Waals surface area (Å²) in [5, 5.41) is 15.1. The molecule has 2 aromatic rings. The van der Waals surface area contributed by atoms with Crippen LogP contribution in [-0.2, 0) is 11.2 Å². The monoisotopic (exact) mass is 470 g/mol. The summed E-state index contributed by atoms with van der Waals surface area (Å²) in [6.07, 6.45) is 5.48. The maximum absolute atomic E-state index is 12.7. The summed E-state index contributed by atoms with van der Waals surface area (Å²) in [6.45, 7) is 2.12. The van der Waals surface area contributed by atoms with E-state index in [1.807, 2.05) is 12.3 Å². The molecule has 1 unspecified atom stereocenters. The van der Waals surface area contributed by atoms with Crippen molar-refractivity contribution in [1.29, 1.82) is 0 Å². The molecule has 1 heterocycles. The van der Waals surface area contributed by atoms with E-state index < -0.39 is 6.04 Å². The highest BCUT2D eigenvalue weighted by Gasteiger charge is 2.23. The van der Waals surface area contributed by atoms with Crippen molar-refractivity contribution < 1.29 is 9.59 Å². The number of aromatic nitrogens is 2. The number of hydrogen-bond donors (Lipinski definition) is 2. The van der Waals surface area contributed by atoms with Gasteiger partial charge in [-0.1, -0.05) is 36.8 Å². The highest BCUT2D eigenvalue weighted by molar-refractivity contribution is 9.10. The van der Waals surface area contributed by atoms with E-state index in [4.69, 9.17) is 0 Å². The molecule has 0 bridgehead atoms. The second-order valence-corrected chi connectivity index (χ2v) is 8.78. The molecule has 6 nitrogen and oxygen atoms in total. The lowest BCUT2D eigenvalue weighted by Gasteiger charge is -2.17. The highest BCUT2D eigenvalue weighted by atomic mass is 79.9. The number of carbonyl (C=O) groups excluding carboxylic acids is 2. The summed E-state index contributed by atoms with van der Waals surface area (Å²) in [5.74, 6) is 0.193. The number of thioether (sulfide) groups is 1. The van der Waals surface area contributed by atoms with E-state index in [0.29, 0.717) is 21.6 Å². The summed E-state index contributed by atoms with van der Waals surface area (Å²) >= 11 is 6.38. The van der Waals surface area contributed by atoms with E-state index in [2.05, 4.69) is 43.7 Å².